The first-order valence-corrected chi connectivity index (χ1v) is 7.44. The van der Waals surface area contributed by atoms with Crippen molar-refractivity contribution in [2.75, 3.05) is 14.2 Å². The van der Waals surface area contributed by atoms with Crippen LogP contribution in [0.1, 0.15) is 39.2 Å². The third-order valence-electron chi connectivity index (χ3n) is 3.50. The largest absolute Gasteiger partial charge is 0.493 e. The topological polar surface area (TPSA) is 67.8 Å². The molecule has 0 amide bonds. The molecule has 5 heteroatoms. The average Bonchev–Trinajstić information content (AvgIpc) is 2.45. The maximum Gasteiger partial charge on any atom is 0.320 e. The Morgan fingerprint density at radius 3 is 2.45 bits per heavy atom. The third-order valence-corrected chi connectivity index (χ3v) is 3.50. The number of nitrogens with one attached hydrogen (secondary N) is 1. The molecule has 0 unspecified atom stereocenters. The number of ether oxygens (including phenoxy) is 2. The predicted octanol–water partition coefficient (Wildman–Crippen LogP) is 3.07. The van der Waals surface area contributed by atoms with E-state index < -0.39 is 12.0 Å². The molecule has 0 radical (unpaired) electrons. The van der Waals surface area contributed by atoms with E-state index in [4.69, 9.17) is 9.47 Å². The van der Waals surface area contributed by atoms with Crippen molar-refractivity contribution in [3.05, 3.63) is 23.8 Å². The molecular formula is C17H27NO4. The average molecular weight is 309 g/mol. The van der Waals surface area contributed by atoms with Crippen molar-refractivity contribution in [3.63, 3.8) is 0 Å². The fourth-order valence-corrected chi connectivity index (χ4v) is 2.22. The highest BCUT2D eigenvalue weighted by Gasteiger charge is 2.21. The van der Waals surface area contributed by atoms with E-state index in [1.807, 2.05) is 18.2 Å². The normalized spacial score (nSPS) is 12.8. The van der Waals surface area contributed by atoms with Crippen LogP contribution < -0.4 is 14.8 Å². The minimum absolute atomic E-state index is 0.114. The number of rotatable bonds is 8. The van der Waals surface area contributed by atoms with Crippen LogP contribution in [0.5, 0.6) is 11.5 Å². The van der Waals surface area contributed by atoms with Gasteiger partial charge >= 0.3 is 5.97 Å². The Kier molecular flexibility index (Phi) is 6.68. The zero-order valence-electron chi connectivity index (χ0n) is 14.1. The molecule has 0 saturated heterocycles. The van der Waals surface area contributed by atoms with Crippen molar-refractivity contribution in [3.8, 4) is 11.5 Å². The van der Waals surface area contributed by atoms with Crippen molar-refractivity contribution in [2.45, 2.75) is 46.2 Å². The summed E-state index contributed by atoms with van der Waals surface area (Å²) in [5, 5.41) is 12.5. The second-order valence-electron chi connectivity index (χ2n) is 6.52. The lowest BCUT2D eigenvalue weighted by Crippen LogP contribution is -2.37. The van der Waals surface area contributed by atoms with Crippen LogP contribution in [0.4, 0.5) is 0 Å². The standard InChI is InChI=1S/C17H27NO4/c1-17(2,3)10-9-13(16(19)20)18-11-12-7-6-8-14(21-4)15(12)22-5/h6-8,13,18H,9-11H2,1-5H3,(H,19,20)/t13-/m0/s1. The molecule has 0 fully saturated rings. The van der Waals surface area contributed by atoms with Gasteiger partial charge in [0.25, 0.3) is 0 Å². The van der Waals surface area contributed by atoms with Crippen LogP contribution >= 0.6 is 0 Å². The first-order chi connectivity index (χ1) is 10.3. The highest BCUT2D eigenvalue weighted by Crippen LogP contribution is 2.30. The van der Waals surface area contributed by atoms with E-state index in [1.54, 1.807) is 14.2 Å². The first-order valence-electron chi connectivity index (χ1n) is 7.44. The second kappa shape index (κ2) is 8.03. The van der Waals surface area contributed by atoms with Gasteiger partial charge in [-0.15, -0.1) is 0 Å². The van der Waals surface area contributed by atoms with E-state index in [2.05, 4.69) is 26.1 Å². The summed E-state index contributed by atoms with van der Waals surface area (Å²) < 4.78 is 10.6. The Balaban J connectivity index is 2.75. The van der Waals surface area contributed by atoms with E-state index in [0.29, 0.717) is 24.5 Å². The minimum atomic E-state index is -0.828. The maximum atomic E-state index is 11.4. The summed E-state index contributed by atoms with van der Waals surface area (Å²) in [6, 6.07) is 5.01. The van der Waals surface area contributed by atoms with Gasteiger partial charge in [0.2, 0.25) is 0 Å². The van der Waals surface area contributed by atoms with Crippen LogP contribution in [0.25, 0.3) is 0 Å². The van der Waals surface area contributed by atoms with Crippen LogP contribution in [-0.2, 0) is 11.3 Å². The number of aliphatic carboxylic acids is 1. The highest BCUT2D eigenvalue weighted by molar-refractivity contribution is 5.73. The Hall–Kier alpha value is -1.75. The molecule has 0 saturated carbocycles. The van der Waals surface area contributed by atoms with Gasteiger partial charge in [0, 0.05) is 12.1 Å². The molecule has 1 atom stereocenters. The molecule has 124 valence electrons. The van der Waals surface area contributed by atoms with E-state index >= 15 is 0 Å². The van der Waals surface area contributed by atoms with Crippen molar-refractivity contribution in [2.24, 2.45) is 5.41 Å². The number of carboxylic acid groups (broad SMARTS) is 1. The summed E-state index contributed by atoms with van der Waals surface area (Å²) in [5.74, 6) is 0.451. The van der Waals surface area contributed by atoms with E-state index in [1.165, 1.54) is 0 Å². The van der Waals surface area contributed by atoms with Gasteiger partial charge in [0.05, 0.1) is 14.2 Å². The van der Waals surface area contributed by atoms with Crippen molar-refractivity contribution >= 4 is 5.97 Å². The van der Waals surface area contributed by atoms with E-state index in [9.17, 15) is 9.90 Å². The van der Waals surface area contributed by atoms with Gasteiger partial charge in [-0.1, -0.05) is 32.9 Å². The number of methoxy groups -OCH3 is 2. The Morgan fingerprint density at radius 1 is 1.27 bits per heavy atom. The molecular weight excluding hydrogens is 282 g/mol. The zero-order valence-corrected chi connectivity index (χ0v) is 14.1. The number of para-hydroxylation sites is 1. The Labute approximate surface area is 132 Å². The number of carboxylic acids is 1. The molecule has 5 nitrogen and oxygen atoms in total. The SMILES string of the molecule is COc1cccc(CN[C@@H](CCC(C)(C)C)C(=O)O)c1OC. The molecule has 22 heavy (non-hydrogen) atoms. The lowest BCUT2D eigenvalue weighted by molar-refractivity contribution is -0.139. The molecule has 0 spiro atoms. The molecule has 1 aromatic carbocycles. The van der Waals surface area contributed by atoms with Gasteiger partial charge in [-0.25, -0.2) is 0 Å². The quantitative estimate of drug-likeness (QED) is 0.772. The summed E-state index contributed by atoms with van der Waals surface area (Å²) in [7, 11) is 3.16. The van der Waals surface area contributed by atoms with Crippen LogP contribution in [0, 0.1) is 5.41 Å². The molecule has 1 aromatic rings. The van der Waals surface area contributed by atoms with Gasteiger partial charge in [0.15, 0.2) is 11.5 Å². The summed E-state index contributed by atoms with van der Waals surface area (Å²) in [6.07, 6.45) is 1.43. The summed E-state index contributed by atoms with van der Waals surface area (Å²) >= 11 is 0. The van der Waals surface area contributed by atoms with Crippen molar-refractivity contribution in [1.29, 1.82) is 0 Å². The smallest absolute Gasteiger partial charge is 0.320 e. The predicted molar refractivity (Wildman–Crippen MR) is 86.5 cm³/mol. The minimum Gasteiger partial charge on any atom is -0.493 e. The molecule has 0 aliphatic heterocycles. The monoisotopic (exact) mass is 309 g/mol. The third kappa shape index (κ3) is 5.56. The zero-order chi connectivity index (χ0) is 16.8. The summed E-state index contributed by atoms with van der Waals surface area (Å²) in [4.78, 5) is 11.4. The highest BCUT2D eigenvalue weighted by atomic mass is 16.5. The lowest BCUT2D eigenvalue weighted by Gasteiger charge is -2.22. The maximum absolute atomic E-state index is 11.4. The van der Waals surface area contributed by atoms with Gasteiger partial charge in [-0.2, -0.15) is 0 Å². The fraction of sp³-hybridized carbons (Fsp3) is 0.588. The van der Waals surface area contributed by atoms with Gasteiger partial charge in [-0.3, -0.25) is 4.79 Å². The van der Waals surface area contributed by atoms with E-state index in [-0.39, 0.29) is 5.41 Å². The number of benzene rings is 1. The van der Waals surface area contributed by atoms with Crippen LogP contribution in [0.3, 0.4) is 0 Å². The van der Waals surface area contributed by atoms with Gasteiger partial charge in [0.1, 0.15) is 6.04 Å². The Morgan fingerprint density at radius 2 is 1.95 bits per heavy atom. The second-order valence-corrected chi connectivity index (χ2v) is 6.52. The molecule has 0 aliphatic rings. The number of carbonyl (C=O) groups is 1. The molecule has 1 rings (SSSR count). The molecule has 0 aliphatic carbocycles. The summed E-state index contributed by atoms with van der Waals surface area (Å²) in [6.45, 7) is 6.74. The number of hydrogen-bond acceptors (Lipinski definition) is 4. The fourth-order valence-electron chi connectivity index (χ4n) is 2.22. The number of hydrogen-bond donors (Lipinski definition) is 2. The van der Waals surface area contributed by atoms with Crippen molar-refractivity contribution in [1.82, 2.24) is 5.32 Å². The van der Waals surface area contributed by atoms with Gasteiger partial charge < -0.3 is 19.9 Å². The van der Waals surface area contributed by atoms with Crippen LogP contribution in [0.2, 0.25) is 0 Å². The van der Waals surface area contributed by atoms with Crippen LogP contribution in [-0.4, -0.2) is 31.3 Å². The van der Waals surface area contributed by atoms with Gasteiger partial charge in [-0.05, 0) is 24.3 Å². The van der Waals surface area contributed by atoms with E-state index in [0.717, 1.165) is 12.0 Å². The Bertz CT molecular complexity index is 494. The summed E-state index contributed by atoms with van der Waals surface area (Å²) in [5.41, 5.74) is 0.993. The molecule has 0 heterocycles. The first kappa shape index (κ1) is 18.3. The molecule has 0 aromatic heterocycles. The lowest BCUT2D eigenvalue weighted by atomic mass is 9.88. The molecule has 0 bridgehead atoms. The molecule has 2 N–H and O–H groups in total. The van der Waals surface area contributed by atoms with Crippen molar-refractivity contribution < 1.29 is 19.4 Å². The van der Waals surface area contributed by atoms with Crippen LogP contribution in [0.15, 0.2) is 18.2 Å².